The summed E-state index contributed by atoms with van der Waals surface area (Å²) >= 11 is 0. The Bertz CT molecular complexity index is 1210. The van der Waals surface area contributed by atoms with Crippen molar-refractivity contribution in [2.45, 2.75) is 51.5 Å². The number of aliphatic hydroxyl groups excluding tert-OH is 1. The number of hydrogen-bond donors (Lipinski definition) is 3. The van der Waals surface area contributed by atoms with Crippen LogP contribution in [0.1, 0.15) is 45.7 Å². The summed E-state index contributed by atoms with van der Waals surface area (Å²) in [7, 11) is 0. The molecule has 2 aliphatic rings. The number of rotatable bonds is 10. The topological polar surface area (TPSA) is 109 Å². The molecule has 38 heavy (non-hydrogen) atoms. The van der Waals surface area contributed by atoms with Crippen LogP contribution in [-0.2, 0) is 24.3 Å². The number of nitrogens with one attached hydrogen (secondary N) is 2. The van der Waals surface area contributed by atoms with Crippen molar-refractivity contribution in [2.24, 2.45) is 0 Å². The SMILES string of the molecule is Cc1c(OCc2cnco2)ccc2c1CCN(CC(O)CNC(=O)c1cccc(NC3CCOCC3)c1)C2. The fourth-order valence-electron chi connectivity index (χ4n) is 5.15. The second-order valence-electron chi connectivity index (χ2n) is 10.0. The molecule has 0 saturated carbocycles. The highest BCUT2D eigenvalue weighted by Crippen LogP contribution is 2.30. The van der Waals surface area contributed by atoms with E-state index in [0.29, 0.717) is 30.5 Å². The molecule has 5 rings (SSSR count). The molecular formula is C29H36N4O5. The Balaban J connectivity index is 1.09. The highest BCUT2D eigenvalue weighted by atomic mass is 16.5. The largest absolute Gasteiger partial charge is 0.485 e. The Labute approximate surface area is 223 Å². The van der Waals surface area contributed by atoms with E-state index in [1.54, 1.807) is 12.3 Å². The first-order chi connectivity index (χ1) is 18.5. The zero-order valence-corrected chi connectivity index (χ0v) is 21.8. The van der Waals surface area contributed by atoms with E-state index in [-0.39, 0.29) is 12.5 Å². The fourth-order valence-corrected chi connectivity index (χ4v) is 5.15. The Hall–Kier alpha value is -3.40. The third-order valence-corrected chi connectivity index (χ3v) is 7.26. The molecule has 0 bridgehead atoms. The predicted octanol–water partition coefficient (Wildman–Crippen LogP) is 3.30. The molecule has 0 aliphatic carbocycles. The number of carbonyl (C=O) groups is 1. The summed E-state index contributed by atoms with van der Waals surface area (Å²) in [6, 6.07) is 12.0. The van der Waals surface area contributed by atoms with E-state index in [4.69, 9.17) is 13.9 Å². The van der Waals surface area contributed by atoms with Gasteiger partial charge in [-0.05, 0) is 67.1 Å². The van der Waals surface area contributed by atoms with Gasteiger partial charge in [0.05, 0.1) is 12.3 Å². The maximum absolute atomic E-state index is 12.7. The van der Waals surface area contributed by atoms with Crippen LogP contribution in [0.15, 0.2) is 53.4 Å². The van der Waals surface area contributed by atoms with Crippen LogP contribution in [0, 0.1) is 6.92 Å². The summed E-state index contributed by atoms with van der Waals surface area (Å²) in [6.07, 6.45) is 5.20. The van der Waals surface area contributed by atoms with Gasteiger partial charge >= 0.3 is 0 Å². The fraction of sp³-hybridized carbons (Fsp3) is 0.448. The van der Waals surface area contributed by atoms with Crippen LogP contribution in [-0.4, -0.2) is 65.9 Å². The number of benzene rings is 2. The zero-order valence-electron chi connectivity index (χ0n) is 21.8. The van der Waals surface area contributed by atoms with E-state index in [2.05, 4.69) is 33.5 Å². The molecule has 202 valence electrons. The van der Waals surface area contributed by atoms with E-state index < -0.39 is 6.10 Å². The average molecular weight is 521 g/mol. The Morgan fingerprint density at radius 3 is 2.95 bits per heavy atom. The van der Waals surface area contributed by atoms with Gasteiger partial charge in [0.2, 0.25) is 0 Å². The summed E-state index contributed by atoms with van der Waals surface area (Å²) in [6.45, 7) is 6.24. The lowest BCUT2D eigenvalue weighted by Gasteiger charge is -2.31. The quantitative estimate of drug-likeness (QED) is 0.374. The van der Waals surface area contributed by atoms with Gasteiger partial charge in [0.15, 0.2) is 12.2 Å². The Morgan fingerprint density at radius 1 is 1.26 bits per heavy atom. The molecule has 3 heterocycles. The van der Waals surface area contributed by atoms with Crippen LogP contribution < -0.4 is 15.4 Å². The van der Waals surface area contributed by atoms with Crippen molar-refractivity contribution in [3.05, 3.63) is 77.0 Å². The second kappa shape index (κ2) is 12.4. The average Bonchev–Trinajstić information content (AvgIpc) is 3.46. The first kappa shape index (κ1) is 26.2. The van der Waals surface area contributed by atoms with Crippen molar-refractivity contribution in [1.82, 2.24) is 15.2 Å². The van der Waals surface area contributed by atoms with Gasteiger partial charge in [-0.2, -0.15) is 0 Å². The van der Waals surface area contributed by atoms with Crippen LogP contribution in [0.2, 0.25) is 0 Å². The van der Waals surface area contributed by atoms with E-state index in [1.807, 2.05) is 24.3 Å². The lowest BCUT2D eigenvalue weighted by Crippen LogP contribution is -2.42. The van der Waals surface area contributed by atoms with Crippen LogP contribution in [0.3, 0.4) is 0 Å². The van der Waals surface area contributed by atoms with E-state index in [0.717, 1.165) is 62.6 Å². The van der Waals surface area contributed by atoms with Gasteiger partial charge in [-0.15, -0.1) is 0 Å². The monoisotopic (exact) mass is 520 g/mol. The number of amides is 1. The molecular weight excluding hydrogens is 484 g/mol. The smallest absolute Gasteiger partial charge is 0.251 e. The molecule has 1 fully saturated rings. The minimum absolute atomic E-state index is 0.183. The number of anilines is 1. The molecule has 2 aliphatic heterocycles. The van der Waals surface area contributed by atoms with Crippen LogP contribution in [0.4, 0.5) is 5.69 Å². The van der Waals surface area contributed by atoms with Crippen molar-refractivity contribution >= 4 is 11.6 Å². The molecule has 3 aromatic rings. The molecule has 0 radical (unpaired) electrons. The highest BCUT2D eigenvalue weighted by Gasteiger charge is 2.22. The van der Waals surface area contributed by atoms with Crippen molar-refractivity contribution in [2.75, 3.05) is 38.2 Å². The normalized spacial score (nSPS) is 17.0. The van der Waals surface area contributed by atoms with E-state index >= 15 is 0 Å². The first-order valence-electron chi connectivity index (χ1n) is 13.3. The van der Waals surface area contributed by atoms with Gasteiger partial charge < -0.3 is 29.6 Å². The molecule has 9 heteroatoms. The summed E-state index contributed by atoms with van der Waals surface area (Å²) in [5.74, 6) is 1.36. The van der Waals surface area contributed by atoms with Crippen molar-refractivity contribution in [1.29, 1.82) is 0 Å². The van der Waals surface area contributed by atoms with Gasteiger partial charge in [0, 0.05) is 56.7 Å². The molecule has 1 unspecified atom stereocenters. The standard InChI is InChI=1S/C29H36N4O5/c1-20-27-7-10-33(16-22(27)5-6-28(20)37-18-26-15-30-19-38-26)17-25(34)14-31-29(35)21-3-2-4-24(13-21)32-23-8-11-36-12-9-23/h2-6,13,15,19,23,25,32,34H,7-12,14,16-18H2,1H3,(H,31,35). The molecule has 1 saturated heterocycles. The molecule has 2 aromatic carbocycles. The number of hydrogen-bond acceptors (Lipinski definition) is 8. The lowest BCUT2D eigenvalue weighted by molar-refractivity contribution is 0.0841. The second-order valence-corrected chi connectivity index (χ2v) is 10.0. The Kier molecular flexibility index (Phi) is 8.58. The molecule has 0 spiro atoms. The molecule has 3 N–H and O–H groups in total. The lowest BCUT2D eigenvalue weighted by atomic mass is 9.94. The Morgan fingerprint density at radius 2 is 2.13 bits per heavy atom. The van der Waals surface area contributed by atoms with E-state index in [9.17, 15) is 9.90 Å². The molecule has 9 nitrogen and oxygen atoms in total. The maximum Gasteiger partial charge on any atom is 0.251 e. The number of oxazole rings is 1. The van der Waals surface area contributed by atoms with Crippen molar-refractivity contribution < 1.29 is 23.8 Å². The van der Waals surface area contributed by atoms with Gasteiger partial charge in [-0.3, -0.25) is 9.69 Å². The number of β-amino-alcohol motifs (C(OH)–C–C–N with tert-alkyl or cyclic N) is 1. The molecule has 1 aromatic heterocycles. The number of carbonyl (C=O) groups excluding carboxylic acids is 1. The summed E-state index contributed by atoms with van der Waals surface area (Å²) in [5, 5.41) is 17.0. The zero-order chi connectivity index (χ0) is 26.3. The van der Waals surface area contributed by atoms with Gasteiger partial charge in [-0.1, -0.05) is 12.1 Å². The molecule has 1 amide bonds. The van der Waals surface area contributed by atoms with Gasteiger partial charge in [-0.25, -0.2) is 4.98 Å². The molecule has 1 atom stereocenters. The predicted molar refractivity (Wildman–Crippen MR) is 143 cm³/mol. The van der Waals surface area contributed by atoms with Crippen LogP contribution in [0.25, 0.3) is 0 Å². The third-order valence-electron chi connectivity index (χ3n) is 7.26. The minimum Gasteiger partial charge on any atom is -0.485 e. The van der Waals surface area contributed by atoms with Crippen molar-refractivity contribution in [3.8, 4) is 5.75 Å². The van der Waals surface area contributed by atoms with Crippen LogP contribution >= 0.6 is 0 Å². The number of aliphatic hydroxyl groups is 1. The number of ether oxygens (including phenoxy) is 2. The third kappa shape index (κ3) is 6.72. The minimum atomic E-state index is -0.658. The summed E-state index contributed by atoms with van der Waals surface area (Å²) < 4.78 is 16.6. The van der Waals surface area contributed by atoms with Gasteiger partial charge in [0.25, 0.3) is 5.91 Å². The van der Waals surface area contributed by atoms with E-state index in [1.165, 1.54) is 17.5 Å². The number of nitrogens with zero attached hydrogens (tertiary/aromatic N) is 2. The van der Waals surface area contributed by atoms with Gasteiger partial charge in [0.1, 0.15) is 12.4 Å². The summed E-state index contributed by atoms with van der Waals surface area (Å²) in [5.41, 5.74) is 5.19. The maximum atomic E-state index is 12.7. The summed E-state index contributed by atoms with van der Waals surface area (Å²) in [4.78, 5) is 18.9. The number of fused-ring (bicyclic) bond motifs is 1. The van der Waals surface area contributed by atoms with Crippen molar-refractivity contribution in [3.63, 3.8) is 0 Å². The van der Waals surface area contributed by atoms with Crippen LogP contribution in [0.5, 0.6) is 5.75 Å². The first-order valence-corrected chi connectivity index (χ1v) is 13.3. The highest BCUT2D eigenvalue weighted by molar-refractivity contribution is 5.95. The number of aromatic nitrogens is 1.